The molecule has 10 heavy (non-hydrogen) atoms. The highest BCUT2D eigenvalue weighted by molar-refractivity contribution is 7.81. The first-order valence-electron chi connectivity index (χ1n) is 3.14. The van der Waals surface area contributed by atoms with Crippen molar-refractivity contribution in [2.24, 2.45) is 0 Å². The van der Waals surface area contributed by atoms with E-state index in [1.165, 1.54) is 0 Å². The van der Waals surface area contributed by atoms with Gasteiger partial charge >= 0.3 is 0 Å². The quantitative estimate of drug-likeness (QED) is 0.398. The second-order valence-electron chi connectivity index (χ2n) is 2.26. The molecule has 0 amide bonds. The van der Waals surface area contributed by atoms with Crippen LogP contribution < -0.4 is 5.32 Å². The molecule has 0 aromatic carbocycles. The molecule has 2 aliphatic rings. The monoisotopic (exact) mass is 151 g/mol. The van der Waals surface area contributed by atoms with E-state index >= 15 is 0 Å². The van der Waals surface area contributed by atoms with E-state index in [0.717, 1.165) is 4.99 Å². The van der Waals surface area contributed by atoms with Crippen LogP contribution in [0.3, 0.4) is 0 Å². The Bertz CT molecular complexity index is 263. The number of rotatable bonds is 0. The minimum atomic E-state index is 0.262. The third kappa shape index (κ3) is 0.789. The smallest absolute Gasteiger partial charge is 0.252 e. The van der Waals surface area contributed by atoms with Crippen molar-refractivity contribution in [3.63, 3.8) is 0 Å². The first kappa shape index (κ1) is 5.80. The van der Waals surface area contributed by atoms with Gasteiger partial charge in [0.25, 0.3) is 6.17 Å². The Balaban J connectivity index is 2.37. The number of thiocarbonyl (C=S) groups is 1. The third-order valence-corrected chi connectivity index (χ3v) is 1.76. The van der Waals surface area contributed by atoms with Gasteiger partial charge in [0.05, 0.1) is 0 Å². The van der Waals surface area contributed by atoms with E-state index in [1.807, 2.05) is 29.1 Å². The van der Waals surface area contributed by atoms with Crippen molar-refractivity contribution in [3.8, 4) is 0 Å². The highest BCUT2D eigenvalue weighted by Crippen LogP contribution is 2.02. The molecule has 0 radical (unpaired) electrons. The molecule has 0 aromatic heterocycles. The van der Waals surface area contributed by atoms with E-state index in [2.05, 4.69) is 11.4 Å². The Morgan fingerprint density at radius 1 is 1.50 bits per heavy atom. The van der Waals surface area contributed by atoms with Gasteiger partial charge in [-0.25, -0.2) is 0 Å². The van der Waals surface area contributed by atoms with E-state index in [0.29, 0.717) is 0 Å². The summed E-state index contributed by atoms with van der Waals surface area (Å²) in [6.45, 7) is 0. The molecule has 0 bridgehead atoms. The summed E-state index contributed by atoms with van der Waals surface area (Å²) in [5.41, 5.74) is 0. The van der Waals surface area contributed by atoms with Crippen molar-refractivity contribution in [1.29, 1.82) is 0 Å². The van der Waals surface area contributed by atoms with Crippen molar-refractivity contribution in [2.75, 3.05) is 0 Å². The van der Waals surface area contributed by atoms with Gasteiger partial charge in [0, 0.05) is 12.2 Å². The summed E-state index contributed by atoms with van der Waals surface area (Å²) in [7, 11) is 0. The maximum absolute atomic E-state index is 4.96. The number of nitrogens with one attached hydrogen (secondary N) is 1. The Hall–Kier alpha value is -0.960. The van der Waals surface area contributed by atoms with Crippen LogP contribution in [0.15, 0.2) is 24.4 Å². The predicted molar refractivity (Wildman–Crippen MR) is 44.1 cm³/mol. The van der Waals surface area contributed by atoms with Crippen molar-refractivity contribution in [3.05, 3.63) is 24.4 Å². The van der Waals surface area contributed by atoms with Gasteiger partial charge in [-0.1, -0.05) is 18.3 Å². The summed E-state index contributed by atoms with van der Waals surface area (Å²) in [6, 6.07) is 0. The van der Waals surface area contributed by atoms with E-state index in [-0.39, 0.29) is 6.17 Å². The van der Waals surface area contributed by atoms with Crippen molar-refractivity contribution >= 4 is 23.4 Å². The number of hydrogen-bond acceptors (Lipinski definition) is 1. The SMILES string of the molecule is S=C1C=[N+]2C=CC=CC2N1. The Labute approximate surface area is 64.6 Å². The van der Waals surface area contributed by atoms with E-state index in [9.17, 15) is 0 Å². The molecule has 0 saturated heterocycles. The lowest BCUT2D eigenvalue weighted by Gasteiger charge is -2.03. The first-order valence-corrected chi connectivity index (χ1v) is 3.55. The van der Waals surface area contributed by atoms with Crippen LogP contribution in [0.4, 0.5) is 0 Å². The van der Waals surface area contributed by atoms with Crippen LogP contribution in [0.5, 0.6) is 0 Å². The maximum Gasteiger partial charge on any atom is 0.252 e. The van der Waals surface area contributed by atoms with Crippen LogP contribution >= 0.6 is 12.2 Å². The molecule has 50 valence electrons. The first-order chi connectivity index (χ1) is 4.86. The van der Waals surface area contributed by atoms with Gasteiger partial charge < -0.3 is 5.32 Å². The molecule has 2 aliphatic heterocycles. The lowest BCUT2D eigenvalue weighted by atomic mass is 10.3. The predicted octanol–water partition coefficient (Wildman–Crippen LogP) is 0.410. The second kappa shape index (κ2) is 2.02. The van der Waals surface area contributed by atoms with E-state index in [4.69, 9.17) is 12.2 Å². The molecular weight excluding hydrogens is 144 g/mol. The van der Waals surface area contributed by atoms with E-state index in [1.54, 1.807) is 0 Å². The van der Waals surface area contributed by atoms with Crippen LogP contribution in [-0.4, -0.2) is 21.9 Å². The van der Waals surface area contributed by atoms with Crippen LogP contribution in [0, 0.1) is 0 Å². The minimum absolute atomic E-state index is 0.262. The lowest BCUT2D eigenvalue weighted by molar-refractivity contribution is -0.479. The molecule has 1 N–H and O–H groups in total. The third-order valence-electron chi connectivity index (χ3n) is 1.54. The fourth-order valence-corrected chi connectivity index (χ4v) is 1.32. The maximum atomic E-state index is 4.96. The second-order valence-corrected chi connectivity index (χ2v) is 2.70. The normalized spacial score (nSPS) is 27.8. The molecule has 0 fully saturated rings. The minimum Gasteiger partial charge on any atom is -0.310 e. The summed E-state index contributed by atoms with van der Waals surface area (Å²) in [4.78, 5) is 0.807. The molecule has 0 spiro atoms. The molecule has 0 saturated carbocycles. The molecule has 1 unspecified atom stereocenters. The fourth-order valence-electron chi connectivity index (χ4n) is 1.07. The van der Waals surface area contributed by atoms with Crippen molar-refractivity contribution in [1.82, 2.24) is 5.32 Å². The number of hydrogen-bond donors (Lipinski definition) is 1. The van der Waals surface area contributed by atoms with Gasteiger partial charge in [-0.05, 0) is 0 Å². The van der Waals surface area contributed by atoms with Crippen LogP contribution in [0.1, 0.15) is 0 Å². The summed E-state index contributed by atoms with van der Waals surface area (Å²) in [5.74, 6) is 0. The van der Waals surface area contributed by atoms with Crippen LogP contribution in [0.25, 0.3) is 0 Å². The molecular formula is C7H7N2S+. The van der Waals surface area contributed by atoms with Gasteiger partial charge in [0.15, 0.2) is 11.2 Å². The van der Waals surface area contributed by atoms with Crippen molar-refractivity contribution in [2.45, 2.75) is 6.17 Å². The molecule has 0 aromatic rings. The Morgan fingerprint density at radius 3 is 3.20 bits per heavy atom. The average molecular weight is 151 g/mol. The number of allylic oxidation sites excluding steroid dienone is 2. The number of fused-ring (bicyclic) bond motifs is 1. The zero-order valence-electron chi connectivity index (χ0n) is 5.32. The standard InChI is InChI=1S/C7H6N2S/c10-7-5-9-4-2-1-3-6(9)8-7/h1-6H/p+1. The topological polar surface area (TPSA) is 15.0 Å². The molecule has 2 heterocycles. The lowest BCUT2D eigenvalue weighted by Crippen LogP contribution is -2.30. The molecule has 1 atom stereocenters. The molecule has 3 heteroatoms. The summed E-state index contributed by atoms with van der Waals surface area (Å²) in [5, 5.41) is 3.12. The van der Waals surface area contributed by atoms with Gasteiger partial charge in [-0.2, -0.15) is 4.58 Å². The molecule has 0 aliphatic carbocycles. The van der Waals surface area contributed by atoms with Crippen LogP contribution in [0.2, 0.25) is 0 Å². The zero-order valence-corrected chi connectivity index (χ0v) is 6.14. The summed E-state index contributed by atoms with van der Waals surface area (Å²) in [6.07, 6.45) is 10.2. The highest BCUT2D eigenvalue weighted by Gasteiger charge is 2.25. The highest BCUT2D eigenvalue weighted by atomic mass is 32.1. The average Bonchev–Trinajstić information content (AvgIpc) is 2.27. The number of nitrogens with zero attached hydrogens (tertiary/aromatic N) is 1. The van der Waals surface area contributed by atoms with Crippen molar-refractivity contribution < 1.29 is 4.58 Å². The summed E-state index contributed by atoms with van der Waals surface area (Å²) >= 11 is 4.96. The van der Waals surface area contributed by atoms with Gasteiger partial charge in [0.2, 0.25) is 6.21 Å². The Morgan fingerprint density at radius 2 is 2.40 bits per heavy atom. The fraction of sp³-hybridized carbons (Fsp3) is 0.143. The summed E-state index contributed by atoms with van der Waals surface area (Å²) < 4.78 is 2.04. The molecule has 2 rings (SSSR count). The zero-order chi connectivity index (χ0) is 6.97. The molecule has 2 nitrogen and oxygen atoms in total. The van der Waals surface area contributed by atoms with Gasteiger partial charge in [-0.3, -0.25) is 0 Å². The largest absolute Gasteiger partial charge is 0.310 e. The van der Waals surface area contributed by atoms with E-state index < -0.39 is 0 Å². The van der Waals surface area contributed by atoms with Crippen LogP contribution in [-0.2, 0) is 0 Å². The van der Waals surface area contributed by atoms with Gasteiger partial charge in [-0.15, -0.1) is 0 Å². The van der Waals surface area contributed by atoms with Gasteiger partial charge in [0.1, 0.15) is 0 Å². The Kier molecular flexibility index (Phi) is 1.17.